The number of hydrogen-bond donors (Lipinski definition) is 2. The standard InChI is InChI=1S/C14H17N3O2/c15-7-3-9-16-13(18)10-19-12-6-1-4-11-5-2-8-17-14(11)12/h1-2,4-6,8H,3,7,9-10,15H2,(H,16,18). The van der Waals surface area contributed by atoms with E-state index < -0.39 is 0 Å². The first kappa shape index (κ1) is 13.3. The summed E-state index contributed by atoms with van der Waals surface area (Å²) in [6.45, 7) is 1.13. The summed E-state index contributed by atoms with van der Waals surface area (Å²) in [7, 11) is 0. The van der Waals surface area contributed by atoms with Crippen LogP contribution in [0, 0.1) is 0 Å². The molecule has 0 spiro atoms. The number of nitrogens with zero attached hydrogens (tertiary/aromatic N) is 1. The number of ether oxygens (including phenoxy) is 1. The van der Waals surface area contributed by atoms with E-state index in [1.165, 1.54) is 0 Å². The Hall–Kier alpha value is -2.14. The van der Waals surface area contributed by atoms with Crippen LogP contribution in [0.5, 0.6) is 5.75 Å². The average Bonchev–Trinajstić information content (AvgIpc) is 2.45. The van der Waals surface area contributed by atoms with Crippen molar-refractivity contribution in [2.75, 3.05) is 19.7 Å². The van der Waals surface area contributed by atoms with Crippen molar-refractivity contribution >= 4 is 16.8 Å². The molecule has 19 heavy (non-hydrogen) atoms. The van der Waals surface area contributed by atoms with Crippen LogP contribution in [0.15, 0.2) is 36.5 Å². The van der Waals surface area contributed by atoms with E-state index in [4.69, 9.17) is 10.5 Å². The summed E-state index contributed by atoms with van der Waals surface area (Å²) in [5.41, 5.74) is 6.11. The Morgan fingerprint density at radius 1 is 1.32 bits per heavy atom. The maximum Gasteiger partial charge on any atom is 0.257 e. The topological polar surface area (TPSA) is 77.2 Å². The lowest BCUT2D eigenvalue weighted by molar-refractivity contribution is -0.123. The summed E-state index contributed by atoms with van der Waals surface area (Å²) >= 11 is 0. The van der Waals surface area contributed by atoms with Crippen LogP contribution in [0.2, 0.25) is 0 Å². The van der Waals surface area contributed by atoms with E-state index in [1.807, 2.05) is 30.3 Å². The second-order valence-electron chi connectivity index (χ2n) is 4.11. The maximum absolute atomic E-state index is 11.5. The monoisotopic (exact) mass is 259 g/mol. The summed E-state index contributed by atoms with van der Waals surface area (Å²) in [6, 6.07) is 9.47. The fourth-order valence-electron chi connectivity index (χ4n) is 1.72. The third-order valence-corrected chi connectivity index (χ3v) is 2.66. The van der Waals surface area contributed by atoms with E-state index in [0.717, 1.165) is 17.3 Å². The molecule has 0 radical (unpaired) electrons. The molecule has 1 aromatic heterocycles. The van der Waals surface area contributed by atoms with E-state index in [9.17, 15) is 4.79 Å². The van der Waals surface area contributed by atoms with Crippen molar-refractivity contribution in [1.29, 1.82) is 0 Å². The van der Waals surface area contributed by atoms with Gasteiger partial charge in [0.2, 0.25) is 0 Å². The first-order chi connectivity index (χ1) is 9.31. The Kier molecular flexibility index (Phi) is 4.69. The molecule has 1 aromatic carbocycles. The summed E-state index contributed by atoms with van der Waals surface area (Å²) in [6.07, 6.45) is 2.47. The maximum atomic E-state index is 11.5. The second kappa shape index (κ2) is 6.70. The number of carbonyl (C=O) groups is 1. The first-order valence-electron chi connectivity index (χ1n) is 6.24. The van der Waals surface area contributed by atoms with Crippen LogP contribution in [0.1, 0.15) is 6.42 Å². The zero-order valence-electron chi connectivity index (χ0n) is 10.6. The molecule has 0 saturated carbocycles. The molecule has 0 fully saturated rings. The van der Waals surface area contributed by atoms with Crippen molar-refractivity contribution in [1.82, 2.24) is 10.3 Å². The van der Waals surface area contributed by atoms with Crippen molar-refractivity contribution < 1.29 is 9.53 Å². The number of pyridine rings is 1. The van der Waals surface area contributed by atoms with Crippen LogP contribution >= 0.6 is 0 Å². The van der Waals surface area contributed by atoms with Crippen molar-refractivity contribution in [3.05, 3.63) is 36.5 Å². The summed E-state index contributed by atoms with van der Waals surface area (Å²) in [5, 5.41) is 3.73. The van der Waals surface area contributed by atoms with Crippen LogP contribution in [0.4, 0.5) is 0 Å². The van der Waals surface area contributed by atoms with Gasteiger partial charge in [-0.1, -0.05) is 18.2 Å². The zero-order valence-corrected chi connectivity index (χ0v) is 10.6. The van der Waals surface area contributed by atoms with Gasteiger partial charge in [0.25, 0.3) is 5.91 Å². The third kappa shape index (κ3) is 3.66. The van der Waals surface area contributed by atoms with E-state index in [2.05, 4.69) is 10.3 Å². The molecule has 0 atom stereocenters. The van der Waals surface area contributed by atoms with Gasteiger partial charge in [-0.05, 0) is 25.1 Å². The predicted molar refractivity (Wildman–Crippen MR) is 73.9 cm³/mol. The number of para-hydroxylation sites is 1. The van der Waals surface area contributed by atoms with Crippen LogP contribution in [0.3, 0.4) is 0 Å². The molecule has 2 rings (SSSR count). The fraction of sp³-hybridized carbons (Fsp3) is 0.286. The van der Waals surface area contributed by atoms with E-state index in [0.29, 0.717) is 18.8 Å². The highest BCUT2D eigenvalue weighted by molar-refractivity contribution is 5.85. The smallest absolute Gasteiger partial charge is 0.257 e. The molecular formula is C14H17N3O2. The molecule has 2 aromatic rings. The minimum atomic E-state index is -0.151. The Labute approximate surface area is 111 Å². The second-order valence-corrected chi connectivity index (χ2v) is 4.11. The van der Waals surface area contributed by atoms with Crippen molar-refractivity contribution in [3.63, 3.8) is 0 Å². The van der Waals surface area contributed by atoms with Crippen molar-refractivity contribution in [3.8, 4) is 5.75 Å². The van der Waals surface area contributed by atoms with Crippen LogP contribution in [0.25, 0.3) is 10.9 Å². The van der Waals surface area contributed by atoms with Gasteiger partial charge in [-0.2, -0.15) is 0 Å². The summed E-state index contributed by atoms with van der Waals surface area (Å²) < 4.78 is 5.51. The Balaban J connectivity index is 1.96. The van der Waals surface area contributed by atoms with Gasteiger partial charge in [0, 0.05) is 18.1 Å². The van der Waals surface area contributed by atoms with E-state index in [-0.39, 0.29) is 12.5 Å². The van der Waals surface area contributed by atoms with Crippen molar-refractivity contribution in [2.24, 2.45) is 5.73 Å². The van der Waals surface area contributed by atoms with Crippen LogP contribution < -0.4 is 15.8 Å². The average molecular weight is 259 g/mol. The number of fused-ring (bicyclic) bond motifs is 1. The number of nitrogens with two attached hydrogens (primary N) is 1. The minimum Gasteiger partial charge on any atom is -0.481 e. The lowest BCUT2D eigenvalue weighted by atomic mass is 10.2. The van der Waals surface area contributed by atoms with Gasteiger partial charge in [-0.25, -0.2) is 0 Å². The highest BCUT2D eigenvalue weighted by Gasteiger charge is 2.05. The van der Waals surface area contributed by atoms with Gasteiger partial charge in [0.1, 0.15) is 11.3 Å². The Morgan fingerprint density at radius 2 is 2.16 bits per heavy atom. The molecule has 5 nitrogen and oxygen atoms in total. The molecule has 5 heteroatoms. The predicted octanol–water partition coefficient (Wildman–Crippen LogP) is 1.08. The molecule has 3 N–H and O–H groups in total. The number of rotatable bonds is 6. The van der Waals surface area contributed by atoms with Crippen molar-refractivity contribution in [2.45, 2.75) is 6.42 Å². The normalized spacial score (nSPS) is 10.4. The molecule has 0 aliphatic heterocycles. The Bertz CT molecular complexity index is 552. The highest BCUT2D eigenvalue weighted by atomic mass is 16.5. The van der Waals surface area contributed by atoms with Gasteiger partial charge in [0.05, 0.1) is 0 Å². The van der Waals surface area contributed by atoms with E-state index >= 15 is 0 Å². The molecule has 0 saturated heterocycles. The van der Waals surface area contributed by atoms with Gasteiger partial charge < -0.3 is 15.8 Å². The summed E-state index contributed by atoms with van der Waals surface area (Å²) in [5.74, 6) is 0.466. The van der Waals surface area contributed by atoms with Gasteiger partial charge >= 0.3 is 0 Å². The number of benzene rings is 1. The number of aromatic nitrogens is 1. The number of hydrogen-bond acceptors (Lipinski definition) is 4. The molecule has 100 valence electrons. The molecule has 1 amide bonds. The molecule has 0 aliphatic rings. The lowest BCUT2D eigenvalue weighted by Crippen LogP contribution is -2.30. The van der Waals surface area contributed by atoms with Crippen LogP contribution in [-0.2, 0) is 4.79 Å². The SMILES string of the molecule is NCCCNC(=O)COc1cccc2cccnc12. The lowest BCUT2D eigenvalue weighted by Gasteiger charge is -2.08. The molecule has 0 bridgehead atoms. The number of carbonyl (C=O) groups excluding carboxylic acids is 1. The molecule has 1 heterocycles. The zero-order chi connectivity index (χ0) is 13.5. The molecule has 0 aliphatic carbocycles. The number of nitrogens with one attached hydrogen (secondary N) is 1. The van der Waals surface area contributed by atoms with E-state index in [1.54, 1.807) is 6.20 Å². The van der Waals surface area contributed by atoms with Crippen LogP contribution in [-0.4, -0.2) is 30.6 Å². The minimum absolute atomic E-state index is 0.0136. The summed E-state index contributed by atoms with van der Waals surface area (Å²) in [4.78, 5) is 15.8. The first-order valence-corrected chi connectivity index (χ1v) is 6.24. The Morgan fingerprint density at radius 3 is 3.00 bits per heavy atom. The quantitative estimate of drug-likeness (QED) is 0.761. The molecular weight excluding hydrogens is 242 g/mol. The fourth-order valence-corrected chi connectivity index (χ4v) is 1.72. The van der Waals surface area contributed by atoms with Gasteiger partial charge in [0.15, 0.2) is 6.61 Å². The number of amides is 1. The largest absolute Gasteiger partial charge is 0.481 e. The molecule has 0 unspecified atom stereocenters. The van der Waals surface area contributed by atoms with Gasteiger partial charge in [-0.15, -0.1) is 0 Å². The third-order valence-electron chi connectivity index (χ3n) is 2.66. The highest BCUT2D eigenvalue weighted by Crippen LogP contribution is 2.22. The van der Waals surface area contributed by atoms with Gasteiger partial charge in [-0.3, -0.25) is 9.78 Å².